The molecule has 0 spiro atoms. The quantitative estimate of drug-likeness (QED) is 0.528. The second-order valence-corrected chi connectivity index (χ2v) is 7.75. The van der Waals surface area contributed by atoms with Gasteiger partial charge in [-0.05, 0) is 61.4 Å². The van der Waals surface area contributed by atoms with Gasteiger partial charge in [0.1, 0.15) is 11.6 Å². The lowest BCUT2D eigenvalue weighted by molar-refractivity contribution is 0.0705. The van der Waals surface area contributed by atoms with Crippen molar-refractivity contribution < 1.29 is 9.18 Å². The number of amides is 1. The Balaban J connectivity index is 1.38. The normalized spacial score (nSPS) is 16.4. The summed E-state index contributed by atoms with van der Waals surface area (Å²) in [6, 6.07) is 19.4. The van der Waals surface area contributed by atoms with Gasteiger partial charge in [0.15, 0.2) is 5.65 Å². The van der Waals surface area contributed by atoms with E-state index in [0.29, 0.717) is 24.3 Å². The van der Waals surface area contributed by atoms with E-state index >= 15 is 0 Å². The number of para-hydroxylation sites is 1. The van der Waals surface area contributed by atoms with Gasteiger partial charge in [-0.1, -0.05) is 18.2 Å². The van der Waals surface area contributed by atoms with Crippen LogP contribution < -0.4 is 5.32 Å². The lowest BCUT2D eigenvalue weighted by Crippen LogP contribution is -2.39. The molecule has 1 fully saturated rings. The van der Waals surface area contributed by atoms with Crippen LogP contribution in [0.15, 0.2) is 72.9 Å². The van der Waals surface area contributed by atoms with E-state index in [1.165, 1.54) is 12.1 Å². The lowest BCUT2D eigenvalue weighted by Gasteiger charge is -2.32. The zero-order valence-electron chi connectivity index (χ0n) is 16.9. The number of halogens is 1. The second-order valence-electron chi connectivity index (χ2n) is 7.75. The minimum absolute atomic E-state index is 0.0243. The van der Waals surface area contributed by atoms with E-state index in [0.717, 1.165) is 30.0 Å². The molecule has 0 saturated carbocycles. The highest BCUT2D eigenvalue weighted by Crippen LogP contribution is 2.29. The summed E-state index contributed by atoms with van der Waals surface area (Å²) in [6.45, 7) is 1.30. The summed E-state index contributed by atoms with van der Waals surface area (Å²) in [5.41, 5.74) is 2.84. The summed E-state index contributed by atoms with van der Waals surface area (Å²) in [7, 11) is 0. The van der Waals surface area contributed by atoms with E-state index in [4.69, 9.17) is 0 Å². The van der Waals surface area contributed by atoms with Crippen molar-refractivity contribution in [2.45, 2.75) is 18.8 Å². The molecule has 6 nitrogen and oxygen atoms in total. The third-order valence-corrected chi connectivity index (χ3v) is 5.69. The Morgan fingerprint density at radius 2 is 1.81 bits per heavy atom. The van der Waals surface area contributed by atoms with Gasteiger partial charge in [0.25, 0.3) is 5.91 Å². The molecule has 0 unspecified atom stereocenters. The van der Waals surface area contributed by atoms with Crippen molar-refractivity contribution in [2.24, 2.45) is 0 Å². The van der Waals surface area contributed by atoms with E-state index in [1.807, 2.05) is 58.0 Å². The summed E-state index contributed by atoms with van der Waals surface area (Å²) in [6.07, 6.45) is 3.84. The number of nitrogens with one attached hydrogen (secondary N) is 1. The Kier molecular flexibility index (Phi) is 5.08. The molecule has 5 rings (SSSR count). The van der Waals surface area contributed by atoms with Gasteiger partial charge in [0.05, 0.1) is 11.3 Å². The van der Waals surface area contributed by atoms with Crippen LogP contribution in [0.3, 0.4) is 0 Å². The Hall–Kier alpha value is -3.74. The monoisotopic (exact) mass is 415 g/mol. The van der Waals surface area contributed by atoms with Crippen molar-refractivity contribution in [2.75, 3.05) is 18.4 Å². The molecule has 0 radical (unpaired) electrons. The van der Waals surface area contributed by atoms with Gasteiger partial charge in [-0.15, -0.1) is 10.2 Å². The van der Waals surface area contributed by atoms with Gasteiger partial charge < -0.3 is 10.2 Å². The third-order valence-electron chi connectivity index (χ3n) is 5.69. The molecule has 2 aromatic carbocycles. The summed E-state index contributed by atoms with van der Waals surface area (Å²) in [4.78, 5) is 15.3. The van der Waals surface area contributed by atoms with E-state index in [-0.39, 0.29) is 17.6 Å². The average molecular weight is 415 g/mol. The number of likely N-dealkylation sites (tertiary alicyclic amines) is 1. The Labute approximate surface area is 179 Å². The van der Waals surface area contributed by atoms with Crippen molar-refractivity contribution in [3.05, 3.63) is 90.1 Å². The van der Waals surface area contributed by atoms with Crippen LogP contribution in [0.2, 0.25) is 0 Å². The van der Waals surface area contributed by atoms with Crippen LogP contribution >= 0.6 is 0 Å². The number of anilines is 2. The molecular formula is C24H22FN5O. The van der Waals surface area contributed by atoms with Gasteiger partial charge in [0.2, 0.25) is 0 Å². The van der Waals surface area contributed by atoms with E-state index in [2.05, 4.69) is 15.5 Å². The van der Waals surface area contributed by atoms with Crippen LogP contribution in [-0.2, 0) is 0 Å². The van der Waals surface area contributed by atoms with Crippen LogP contribution in [0.4, 0.5) is 15.8 Å². The van der Waals surface area contributed by atoms with Crippen LogP contribution in [0.1, 0.15) is 34.9 Å². The number of hydrogen-bond acceptors (Lipinski definition) is 4. The topological polar surface area (TPSA) is 62.5 Å². The van der Waals surface area contributed by atoms with Gasteiger partial charge in [0, 0.05) is 30.9 Å². The molecule has 31 heavy (non-hydrogen) atoms. The fraction of sp³-hybridized carbons (Fsp3) is 0.208. The van der Waals surface area contributed by atoms with Crippen molar-refractivity contribution in [1.82, 2.24) is 19.5 Å². The number of pyridine rings is 1. The molecule has 1 atom stereocenters. The fourth-order valence-corrected chi connectivity index (χ4v) is 4.15. The first-order chi connectivity index (χ1) is 15.2. The number of fused-ring (bicyclic) bond motifs is 1. The number of carbonyl (C=O) groups is 1. The summed E-state index contributed by atoms with van der Waals surface area (Å²) < 4.78 is 15.2. The predicted molar refractivity (Wildman–Crippen MR) is 117 cm³/mol. The fourth-order valence-electron chi connectivity index (χ4n) is 4.15. The van der Waals surface area contributed by atoms with Gasteiger partial charge in [-0.2, -0.15) is 0 Å². The van der Waals surface area contributed by atoms with Crippen LogP contribution in [0.25, 0.3) is 5.65 Å². The zero-order chi connectivity index (χ0) is 21.2. The molecule has 156 valence electrons. The van der Waals surface area contributed by atoms with Crippen LogP contribution in [-0.4, -0.2) is 38.5 Å². The highest BCUT2D eigenvalue weighted by atomic mass is 19.1. The molecule has 2 aromatic heterocycles. The largest absolute Gasteiger partial charge is 0.355 e. The molecule has 1 N–H and O–H groups in total. The smallest absolute Gasteiger partial charge is 0.255 e. The maximum Gasteiger partial charge on any atom is 0.255 e. The van der Waals surface area contributed by atoms with E-state index in [9.17, 15) is 9.18 Å². The van der Waals surface area contributed by atoms with Crippen LogP contribution in [0.5, 0.6) is 0 Å². The first-order valence-electron chi connectivity index (χ1n) is 10.4. The third kappa shape index (κ3) is 3.86. The molecular weight excluding hydrogens is 393 g/mol. The summed E-state index contributed by atoms with van der Waals surface area (Å²) in [5, 5.41) is 11.9. The number of nitrogens with zero attached hydrogens (tertiary/aromatic N) is 4. The minimum atomic E-state index is -0.296. The molecule has 0 bridgehead atoms. The molecule has 1 amide bonds. The Morgan fingerprint density at radius 3 is 2.68 bits per heavy atom. The Morgan fingerprint density at radius 1 is 1.00 bits per heavy atom. The molecule has 1 aliphatic rings. The maximum atomic E-state index is 13.4. The van der Waals surface area contributed by atoms with Crippen molar-refractivity contribution >= 4 is 22.9 Å². The van der Waals surface area contributed by atoms with Crippen LogP contribution in [0, 0.1) is 5.82 Å². The highest BCUT2D eigenvalue weighted by molar-refractivity contribution is 6.00. The standard InChI is InChI=1S/C24H22FN5O/c25-18-10-12-19(13-11-18)26-21-8-2-1-7-20(21)24(31)29-14-5-6-17(16-29)23-28-27-22-9-3-4-15-30(22)23/h1-4,7-13,15,17,26H,5-6,14,16H2/t17-/m1/s1. The number of hydrogen-bond donors (Lipinski definition) is 1. The molecule has 1 aliphatic heterocycles. The van der Waals surface area contributed by atoms with E-state index in [1.54, 1.807) is 12.1 Å². The first kappa shape index (κ1) is 19.2. The number of piperidine rings is 1. The molecule has 7 heteroatoms. The summed E-state index contributed by atoms with van der Waals surface area (Å²) >= 11 is 0. The molecule has 3 heterocycles. The molecule has 1 saturated heterocycles. The number of carbonyl (C=O) groups excluding carboxylic acids is 1. The van der Waals surface area contributed by atoms with E-state index < -0.39 is 0 Å². The maximum absolute atomic E-state index is 13.4. The van der Waals surface area contributed by atoms with Crippen molar-refractivity contribution in [1.29, 1.82) is 0 Å². The van der Waals surface area contributed by atoms with Gasteiger partial charge in [-0.3, -0.25) is 9.20 Å². The van der Waals surface area contributed by atoms with Gasteiger partial charge in [-0.25, -0.2) is 4.39 Å². The number of benzene rings is 2. The average Bonchev–Trinajstić information content (AvgIpc) is 3.25. The summed E-state index contributed by atoms with van der Waals surface area (Å²) in [5.74, 6) is 0.706. The zero-order valence-corrected chi connectivity index (χ0v) is 16.9. The predicted octanol–water partition coefficient (Wildman–Crippen LogP) is 4.63. The first-order valence-corrected chi connectivity index (χ1v) is 10.4. The highest BCUT2D eigenvalue weighted by Gasteiger charge is 2.29. The SMILES string of the molecule is O=C(c1ccccc1Nc1ccc(F)cc1)N1CCC[C@@H](c2nnc3ccccn23)C1. The molecule has 4 aromatic rings. The Bertz CT molecular complexity index is 1220. The number of aromatic nitrogens is 3. The minimum Gasteiger partial charge on any atom is -0.355 e. The molecule has 0 aliphatic carbocycles. The van der Waals surface area contributed by atoms with Gasteiger partial charge >= 0.3 is 0 Å². The van der Waals surface area contributed by atoms with Crippen molar-refractivity contribution in [3.63, 3.8) is 0 Å². The van der Waals surface area contributed by atoms with Crippen molar-refractivity contribution in [3.8, 4) is 0 Å². The second kappa shape index (κ2) is 8.18. The number of rotatable bonds is 4. The lowest BCUT2D eigenvalue weighted by atomic mass is 9.96.